The number of hydrogen-bond acceptors (Lipinski definition) is 6. The molecule has 1 saturated heterocycles. The van der Waals surface area contributed by atoms with Crippen molar-refractivity contribution in [3.63, 3.8) is 0 Å². The maximum atomic E-state index is 5.94. The van der Waals surface area contributed by atoms with E-state index in [1.165, 1.54) is 0 Å². The van der Waals surface area contributed by atoms with E-state index in [9.17, 15) is 0 Å². The highest BCUT2D eigenvalue weighted by Crippen LogP contribution is 2.27. The maximum Gasteiger partial charge on any atom is 0.222 e. The molecule has 90 valence electrons. The fraction of sp³-hybridized carbons (Fsp3) is 0.500. The molecule has 17 heavy (non-hydrogen) atoms. The number of ether oxygens (including phenoxy) is 1. The zero-order valence-electron chi connectivity index (χ0n) is 9.33. The van der Waals surface area contributed by atoms with Crippen LogP contribution < -0.4 is 11.5 Å². The summed E-state index contributed by atoms with van der Waals surface area (Å²) in [5.74, 6) is 0.706. The molecule has 3 heterocycles. The minimum Gasteiger partial charge on any atom is -0.381 e. The van der Waals surface area contributed by atoms with Crippen molar-refractivity contribution in [3.8, 4) is 0 Å². The number of rotatable bonds is 1. The highest BCUT2D eigenvalue weighted by molar-refractivity contribution is 5.74. The number of hydrogen-bond donors (Lipinski definition) is 2. The topological polar surface area (TPSA) is 105 Å². The summed E-state index contributed by atoms with van der Waals surface area (Å²) in [5.41, 5.74) is 12.9. The highest BCUT2D eigenvalue weighted by Gasteiger charge is 2.21. The first-order valence-corrected chi connectivity index (χ1v) is 5.59. The summed E-state index contributed by atoms with van der Waals surface area (Å²) in [6, 6.07) is 0.281. The van der Waals surface area contributed by atoms with Gasteiger partial charge in [-0.1, -0.05) is 0 Å². The Hall–Kier alpha value is -1.89. The second-order valence-electron chi connectivity index (χ2n) is 4.12. The normalized spacial score (nSPS) is 17.6. The van der Waals surface area contributed by atoms with Crippen molar-refractivity contribution in [3.05, 3.63) is 6.20 Å². The van der Waals surface area contributed by atoms with E-state index in [4.69, 9.17) is 16.2 Å². The fourth-order valence-corrected chi connectivity index (χ4v) is 2.22. The average Bonchev–Trinajstić information content (AvgIpc) is 2.65. The molecular formula is C10H14N6O. The first-order valence-electron chi connectivity index (χ1n) is 5.59. The molecule has 0 bridgehead atoms. The lowest BCUT2D eigenvalue weighted by molar-refractivity contribution is 0.0710. The summed E-state index contributed by atoms with van der Waals surface area (Å²) in [4.78, 5) is 12.4. The second-order valence-corrected chi connectivity index (χ2v) is 4.12. The van der Waals surface area contributed by atoms with E-state index in [1.54, 1.807) is 6.20 Å². The molecule has 1 aliphatic rings. The van der Waals surface area contributed by atoms with E-state index >= 15 is 0 Å². The maximum absolute atomic E-state index is 5.94. The van der Waals surface area contributed by atoms with Gasteiger partial charge in [-0.2, -0.15) is 4.98 Å². The molecule has 4 N–H and O–H groups in total. The van der Waals surface area contributed by atoms with Crippen LogP contribution in [-0.2, 0) is 4.74 Å². The van der Waals surface area contributed by atoms with Gasteiger partial charge in [0.25, 0.3) is 0 Å². The highest BCUT2D eigenvalue weighted by atomic mass is 16.5. The number of nitrogen functional groups attached to an aromatic ring is 2. The number of anilines is 2. The van der Waals surface area contributed by atoms with Gasteiger partial charge in [-0.05, 0) is 12.8 Å². The minimum absolute atomic E-state index is 0.241. The van der Waals surface area contributed by atoms with Gasteiger partial charge in [0, 0.05) is 19.3 Å². The van der Waals surface area contributed by atoms with Gasteiger partial charge in [0.1, 0.15) is 5.52 Å². The molecule has 3 rings (SSSR count). The molecule has 0 aliphatic carbocycles. The van der Waals surface area contributed by atoms with E-state index in [0.29, 0.717) is 17.1 Å². The van der Waals surface area contributed by atoms with Crippen LogP contribution in [0.1, 0.15) is 18.9 Å². The quantitative estimate of drug-likeness (QED) is 0.737. The van der Waals surface area contributed by atoms with Crippen LogP contribution in [0.15, 0.2) is 6.20 Å². The first kappa shape index (κ1) is 10.3. The Balaban J connectivity index is 2.13. The molecule has 0 unspecified atom stereocenters. The molecular weight excluding hydrogens is 220 g/mol. The average molecular weight is 234 g/mol. The summed E-state index contributed by atoms with van der Waals surface area (Å²) >= 11 is 0. The van der Waals surface area contributed by atoms with Crippen LogP contribution >= 0.6 is 0 Å². The van der Waals surface area contributed by atoms with E-state index < -0.39 is 0 Å². The van der Waals surface area contributed by atoms with Gasteiger partial charge < -0.3 is 16.2 Å². The standard InChI is InChI=1S/C10H14N6O/c11-9-13-5-7-8(15-9)16(10(12)14-7)6-1-3-17-4-2-6/h5-6H,1-4H2,(H2,12,14)(H2,11,13,15). The number of imidazole rings is 1. The molecule has 1 aliphatic heterocycles. The number of fused-ring (bicyclic) bond motifs is 1. The lowest BCUT2D eigenvalue weighted by Crippen LogP contribution is -2.21. The zero-order valence-corrected chi connectivity index (χ0v) is 9.33. The van der Waals surface area contributed by atoms with Crippen molar-refractivity contribution in [2.45, 2.75) is 18.9 Å². The summed E-state index contributed by atoms with van der Waals surface area (Å²) in [7, 11) is 0. The molecule has 2 aromatic rings. The van der Waals surface area contributed by atoms with E-state index in [-0.39, 0.29) is 12.0 Å². The second kappa shape index (κ2) is 3.85. The number of nitrogens with two attached hydrogens (primary N) is 2. The van der Waals surface area contributed by atoms with Crippen molar-refractivity contribution in [1.29, 1.82) is 0 Å². The summed E-state index contributed by atoms with van der Waals surface area (Å²) in [6.07, 6.45) is 3.43. The Kier molecular flexibility index (Phi) is 2.32. The third-order valence-electron chi connectivity index (χ3n) is 3.03. The molecule has 0 spiro atoms. The summed E-state index contributed by atoms with van der Waals surface area (Å²) in [6.45, 7) is 1.48. The predicted molar refractivity (Wildman–Crippen MR) is 63.2 cm³/mol. The molecule has 0 radical (unpaired) electrons. The van der Waals surface area contributed by atoms with E-state index in [1.807, 2.05) is 4.57 Å². The minimum atomic E-state index is 0.241. The van der Waals surface area contributed by atoms with Crippen LogP contribution in [-0.4, -0.2) is 32.7 Å². The van der Waals surface area contributed by atoms with Gasteiger partial charge in [-0.15, -0.1) is 0 Å². The van der Waals surface area contributed by atoms with Crippen molar-refractivity contribution < 1.29 is 4.74 Å². The van der Waals surface area contributed by atoms with Gasteiger partial charge in [0.2, 0.25) is 11.9 Å². The molecule has 0 amide bonds. The van der Waals surface area contributed by atoms with Crippen LogP contribution in [0.25, 0.3) is 11.2 Å². The first-order chi connectivity index (χ1) is 8.25. The number of nitrogens with zero attached hydrogens (tertiary/aromatic N) is 4. The predicted octanol–water partition coefficient (Wildman–Crippen LogP) is 0.342. The Labute approximate surface area is 97.8 Å². The third-order valence-corrected chi connectivity index (χ3v) is 3.03. The summed E-state index contributed by atoms with van der Waals surface area (Å²) in [5, 5.41) is 0. The van der Waals surface area contributed by atoms with E-state index in [0.717, 1.165) is 26.1 Å². The van der Waals surface area contributed by atoms with Crippen LogP contribution in [0.2, 0.25) is 0 Å². The van der Waals surface area contributed by atoms with Gasteiger partial charge in [0.15, 0.2) is 5.65 Å². The molecule has 0 aromatic carbocycles. The SMILES string of the molecule is Nc1ncc2nc(N)n(C3CCOCC3)c2n1. The van der Waals surface area contributed by atoms with E-state index in [2.05, 4.69) is 15.0 Å². The molecule has 0 atom stereocenters. The van der Waals surface area contributed by atoms with Crippen molar-refractivity contribution in [2.24, 2.45) is 0 Å². The zero-order chi connectivity index (χ0) is 11.8. The lowest BCUT2D eigenvalue weighted by atomic mass is 10.1. The Morgan fingerprint density at radius 1 is 1.24 bits per heavy atom. The molecule has 7 heteroatoms. The van der Waals surface area contributed by atoms with Crippen molar-refractivity contribution >= 4 is 23.1 Å². The van der Waals surface area contributed by atoms with Gasteiger partial charge in [0.05, 0.1) is 6.20 Å². The summed E-state index contributed by atoms with van der Waals surface area (Å²) < 4.78 is 7.28. The largest absolute Gasteiger partial charge is 0.381 e. The molecule has 1 fully saturated rings. The van der Waals surface area contributed by atoms with Crippen LogP contribution in [0, 0.1) is 0 Å². The van der Waals surface area contributed by atoms with Crippen LogP contribution in [0.3, 0.4) is 0 Å². The molecule has 0 saturated carbocycles. The van der Waals surface area contributed by atoms with Gasteiger partial charge >= 0.3 is 0 Å². The van der Waals surface area contributed by atoms with Crippen molar-refractivity contribution in [1.82, 2.24) is 19.5 Å². The van der Waals surface area contributed by atoms with Gasteiger partial charge in [-0.3, -0.25) is 4.57 Å². The Morgan fingerprint density at radius 3 is 2.76 bits per heavy atom. The lowest BCUT2D eigenvalue weighted by Gasteiger charge is -2.24. The molecule has 7 nitrogen and oxygen atoms in total. The molecule has 2 aromatic heterocycles. The van der Waals surface area contributed by atoms with Gasteiger partial charge in [-0.25, -0.2) is 9.97 Å². The smallest absolute Gasteiger partial charge is 0.222 e. The Bertz CT molecular complexity index is 545. The third kappa shape index (κ3) is 1.68. The van der Waals surface area contributed by atoms with Crippen molar-refractivity contribution in [2.75, 3.05) is 24.7 Å². The van der Waals surface area contributed by atoms with Crippen LogP contribution in [0.5, 0.6) is 0 Å². The fourth-order valence-electron chi connectivity index (χ4n) is 2.22. The Morgan fingerprint density at radius 2 is 2.00 bits per heavy atom. The number of aromatic nitrogens is 4. The van der Waals surface area contributed by atoms with Crippen LogP contribution in [0.4, 0.5) is 11.9 Å². The monoisotopic (exact) mass is 234 g/mol.